The minimum absolute atomic E-state index is 0.111. The molecule has 4 nitrogen and oxygen atoms in total. The summed E-state index contributed by atoms with van der Waals surface area (Å²) in [6.45, 7) is 11.9. The van der Waals surface area contributed by atoms with Gasteiger partial charge in [0.1, 0.15) is 0 Å². The van der Waals surface area contributed by atoms with Gasteiger partial charge in [0.05, 0.1) is 11.1 Å². The van der Waals surface area contributed by atoms with Gasteiger partial charge in [0.2, 0.25) is 0 Å². The van der Waals surface area contributed by atoms with Gasteiger partial charge in [-0.2, -0.15) is 0 Å². The smallest absolute Gasteiger partial charge is 0.330 e. The molecule has 0 aromatic carbocycles. The summed E-state index contributed by atoms with van der Waals surface area (Å²) in [7, 11) is 0. The fourth-order valence-corrected chi connectivity index (χ4v) is 0.376. The van der Waals surface area contributed by atoms with Crippen LogP contribution in [0.25, 0.3) is 0 Å². The molecule has 0 rings (SSSR count). The Morgan fingerprint density at radius 2 is 1.67 bits per heavy atom. The third-order valence-corrected chi connectivity index (χ3v) is 1.08. The topological polar surface area (TPSA) is 63.6 Å². The van der Waals surface area contributed by atoms with Crippen molar-refractivity contribution in [3.05, 3.63) is 36.4 Å². The number of esters is 1. The lowest BCUT2D eigenvalue weighted by molar-refractivity contribution is -0.137. The highest BCUT2D eigenvalue weighted by Gasteiger charge is 1.91. The van der Waals surface area contributed by atoms with E-state index in [1.54, 1.807) is 0 Å². The van der Waals surface area contributed by atoms with Gasteiger partial charge < -0.3 is 9.84 Å². The Morgan fingerprint density at radius 3 is 1.89 bits per heavy atom. The summed E-state index contributed by atoms with van der Waals surface area (Å²) in [4.78, 5) is 19.6. The van der Waals surface area contributed by atoms with Gasteiger partial charge in [-0.1, -0.05) is 56.3 Å². The van der Waals surface area contributed by atoms with Crippen molar-refractivity contribution < 1.29 is 19.4 Å². The number of hydrogen-bond donors (Lipinski definition) is 1. The number of rotatable bonds is 5. The number of unbranched alkanes of at least 4 members (excludes halogenated alkanes) is 1. The number of hydrogen-bond acceptors (Lipinski definition) is 3. The van der Waals surface area contributed by atoms with Crippen LogP contribution in [0.5, 0.6) is 0 Å². The summed E-state index contributed by atoms with van der Waals surface area (Å²) in [6.07, 6.45) is 3.99. The Kier molecular flexibility index (Phi) is 22.1. The molecule has 0 atom stereocenters. The minimum Gasteiger partial charge on any atom is -0.478 e. The summed E-state index contributed by atoms with van der Waals surface area (Å²) >= 11 is 9.69. The lowest BCUT2D eigenvalue weighted by Crippen LogP contribution is -2.00. The number of halogens is 2. The molecule has 0 fully saturated rings. The van der Waals surface area contributed by atoms with E-state index in [4.69, 9.17) is 28.3 Å². The molecule has 104 valence electrons. The molecule has 0 aliphatic heterocycles. The zero-order valence-electron chi connectivity index (χ0n) is 10.3. The van der Waals surface area contributed by atoms with Gasteiger partial charge in [-0.25, -0.2) is 9.59 Å². The number of ether oxygens (including phenoxy) is 1. The van der Waals surface area contributed by atoms with Crippen molar-refractivity contribution in [1.82, 2.24) is 0 Å². The van der Waals surface area contributed by atoms with Crippen LogP contribution in [0.3, 0.4) is 0 Å². The zero-order chi connectivity index (χ0) is 15.0. The van der Waals surface area contributed by atoms with Crippen LogP contribution >= 0.6 is 23.2 Å². The first-order valence-corrected chi connectivity index (χ1v) is 5.71. The monoisotopic (exact) mass is 296 g/mol. The Morgan fingerprint density at radius 1 is 1.28 bits per heavy atom. The molecular formula is C12H18Cl2O4. The molecular weight excluding hydrogens is 279 g/mol. The molecule has 1 N–H and O–H groups in total. The summed E-state index contributed by atoms with van der Waals surface area (Å²) in [6, 6.07) is 0. The lowest BCUT2D eigenvalue weighted by Gasteiger charge is -1.97. The SMILES string of the molecule is C=C(Cl)Cl.C=CC(=O)O.C=CC(=O)OCCCC. The maximum absolute atomic E-state index is 10.3. The standard InChI is InChI=1S/C7H12O2.C3H4O2.C2H2Cl2/c1-3-5-6-9-7(8)4-2;1-2-3(4)5;1-2(3)4/h4H,2-3,5-6H2,1H3;2H,1H2,(H,4,5);1H2. The highest BCUT2D eigenvalue weighted by atomic mass is 35.5. The largest absolute Gasteiger partial charge is 0.478 e. The Labute approximate surface area is 118 Å². The molecule has 0 spiro atoms. The van der Waals surface area contributed by atoms with Crippen molar-refractivity contribution in [3.63, 3.8) is 0 Å². The van der Waals surface area contributed by atoms with Crippen molar-refractivity contribution in [2.24, 2.45) is 0 Å². The van der Waals surface area contributed by atoms with Gasteiger partial charge in [0.15, 0.2) is 0 Å². The maximum atomic E-state index is 10.3. The van der Waals surface area contributed by atoms with E-state index in [1.165, 1.54) is 6.08 Å². The van der Waals surface area contributed by atoms with E-state index in [1.807, 2.05) is 6.92 Å². The first-order valence-electron chi connectivity index (χ1n) is 4.96. The number of carbonyl (C=O) groups is 2. The predicted octanol–water partition coefficient (Wildman–Crippen LogP) is 3.71. The Bertz CT molecular complexity index is 271. The van der Waals surface area contributed by atoms with Crippen LogP contribution in [0, 0.1) is 0 Å². The Balaban J connectivity index is -0.000000212. The third-order valence-electron chi connectivity index (χ3n) is 1.08. The van der Waals surface area contributed by atoms with Gasteiger partial charge in [0.25, 0.3) is 0 Å². The molecule has 0 aromatic rings. The number of carboxylic acids is 1. The van der Waals surface area contributed by atoms with E-state index in [0.29, 0.717) is 6.61 Å². The molecule has 0 radical (unpaired) electrons. The van der Waals surface area contributed by atoms with E-state index < -0.39 is 5.97 Å². The average Bonchev–Trinajstić information content (AvgIpc) is 2.29. The van der Waals surface area contributed by atoms with Crippen LogP contribution < -0.4 is 0 Å². The maximum Gasteiger partial charge on any atom is 0.330 e. The number of aliphatic carboxylic acids is 1. The second-order valence-corrected chi connectivity index (χ2v) is 3.71. The molecule has 0 saturated heterocycles. The van der Waals surface area contributed by atoms with Gasteiger partial charge in [-0.15, -0.1) is 0 Å². The highest BCUT2D eigenvalue weighted by Crippen LogP contribution is 1.98. The van der Waals surface area contributed by atoms with Crippen molar-refractivity contribution in [3.8, 4) is 0 Å². The first-order chi connectivity index (χ1) is 8.31. The number of carboxylic acid groups (broad SMARTS) is 1. The summed E-state index contributed by atoms with van der Waals surface area (Å²) in [5, 5.41) is 7.60. The van der Waals surface area contributed by atoms with Crippen LogP contribution in [0.1, 0.15) is 19.8 Å². The van der Waals surface area contributed by atoms with Gasteiger partial charge in [-0.3, -0.25) is 0 Å². The molecule has 0 amide bonds. The molecule has 6 heteroatoms. The second-order valence-electron chi connectivity index (χ2n) is 2.61. The fourth-order valence-electron chi connectivity index (χ4n) is 0.376. The van der Waals surface area contributed by atoms with Crippen LogP contribution in [-0.4, -0.2) is 23.7 Å². The van der Waals surface area contributed by atoms with E-state index in [2.05, 4.69) is 24.5 Å². The average molecular weight is 297 g/mol. The summed E-state index contributed by atoms with van der Waals surface area (Å²) < 4.78 is 4.79. The van der Waals surface area contributed by atoms with E-state index in [-0.39, 0.29) is 10.5 Å². The lowest BCUT2D eigenvalue weighted by atomic mass is 10.4. The van der Waals surface area contributed by atoms with Gasteiger partial charge >= 0.3 is 11.9 Å². The van der Waals surface area contributed by atoms with Crippen LogP contribution in [-0.2, 0) is 14.3 Å². The molecule has 0 heterocycles. The van der Waals surface area contributed by atoms with Crippen molar-refractivity contribution in [1.29, 1.82) is 0 Å². The Hall–Kier alpha value is -1.26. The molecule has 0 aromatic heterocycles. The molecule has 0 bridgehead atoms. The molecule has 0 aliphatic carbocycles. The fraction of sp³-hybridized carbons (Fsp3) is 0.333. The quantitative estimate of drug-likeness (QED) is 0.477. The van der Waals surface area contributed by atoms with Crippen molar-refractivity contribution >= 4 is 35.1 Å². The van der Waals surface area contributed by atoms with E-state index in [9.17, 15) is 9.59 Å². The van der Waals surface area contributed by atoms with E-state index >= 15 is 0 Å². The highest BCUT2D eigenvalue weighted by molar-refractivity contribution is 6.55. The minimum atomic E-state index is -0.981. The predicted molar refractivity (Wildman–Crippen MR) is 74.7 cm³/mol. The molecule has 0 unspecified atom stereocenters. The molecule has 0 aliphatic rings. The zero-order valence-corrected chi connectivity index (χ0v) is 11.8. The van der Waals surface area contributed by atoms with Gasteiger partial charge in [0, 0.05) is 12.2 Å². The second kappa shape index (κ2) is 18.1. The van der Waals surface area contributed by atoms with E-state index in [0.717, 1.165) is 18.9 Å². The summed E-state index contributed by atoms with van der Waals surface area (Å²) in [5.74, 6) is -1.31. The van der Waals surface area contributed by atoms with Crippen LogP contribution in [0.4, 0.5) is 0 Å². The summed E-state index contributed by atoms with van der Waals surface area (Å²) in [5.41, 5.74) is 0. The van der Waals surface area contributed by atoms with Crippen LogP contribution in [0.2, 0.25) is 0 Å². The van der Waals surface area contributed by atoms with Crippen molar-refractivity contribution in [2.45, 2.75) is 19.8 Å². The van der Waals surface area contributed by atoms with Gasteiger partial charge in [-0.05, 0) is 6.42 Å². The molecule has 18 heavy (non-hydrogen) atoms. The third kappa shape index (κ3) is 46.5. The van der Waals surface area contributed by atoms with Crippen LogP contribution in [0.15, 0.2) is 36.4 Å². The first kappa shape index (κ1) is 22.0. The van der Waals surface area contributed by atoms with Crippen molar-refractivity contribution in [2.75, 3.05) is 6.61 Å². The molecule has 0 saturated carbocycles. The number of carbonyl (C=O) groups excluding carboxylic acids is 1. The normalized spacial score (nSPS) is 7.50.